The normalized spacial score (nSPS) is 11.6. The van der Waals surface area contributed by atoms with Gasteiger partial charge >= 0.3 is 11.9 Å². The van der Waals surface area contributed by atoms with Gasteiger partial charge in [0.25, 0.3) is 0 Å². The lowest BCUT2D eigenvalue weighted by atomic mass is 9.90. The summed E-state index contributed by atoms with van der Waals surface area (Å²) in [7, 11) is 1.36. The minimum Gasteiger partial charge on any atom is -0.465 e. The summed E-state index contributed by atoms with van der Waals surface area (Å²) in [5.74, 6) is 0.0174. The fourth-order valence-corrected chi connectivity index (χ4v) is 4.16. The Bertz CT molecular complexity index is 1400. The van der Waals surface area contributed by atoms with E-state index in [2.05, 4.69) is 45.0 Å². The van der Waals surface area contributed by atoms with Crippen LogP contribution in [0.5, 0.6) is 5.75 Å². The molecule has 0 spiro atoms. The van der Waals surface area contributed by atoms with Gasteiger partial charge in [-0.15, -0.1) is 0 Å². The van der Waals surface area contributed by atoms with Gasteiger partial charge in [-0.1, -0.05) is 61.5 Å². The zero-order valence-electron chi connectivity index (χ0n) is 21.3. The fourth-order valence-electron chi connectivity index (χ4n) is 4.16. The van der Waals surface area contributed by atoms with Crippen molar-refractivity contribution >= 4 is 11.9 Å². The predicted molar refractivity (Wildman–Crippen MR) is 143 cm³/mol. The molecular weight excluding hydrogens is 448 g/mol. The smallest absolute Gasteiger partial charge is 0.343 e. The molecule has 4 aromatic carbocycles. The Hall–Kier alpha value is -4.18. The van der Waals surface area contributed by atoms with E-state index in [1.807, 2.05) is 43.3 Å². The van der Waals surface area contributed by atoms with Crippen LogP contribution in [0.1, 0.15) is 61.4 Å². The number of carbonyl (C=O) groups is 2. The topological polar surface area (TPSA) is 52.6 Å². The first kappa shape index (κ1) is 24.9. The predicted octanol–water partition coefficient (Wildman–Crippen LogP) is 7.44. The lowest BCUT2D eigenvalue weighted by Crippen LogP contribution is -2.09. The number of hydrogen-bond acceptors (Lipinski definition) is 4. The molecule has 182 valence electrons. The van der Waals surface area contributed by atoms with Crippen molar-refractivity contribution in [2.45, 2.75) is 33.6 Å². The molecule has 1 unspecified atom stereocenters. The van der Waals surface area contributed by atoms with Crippen molar-refractivity contribution in [3.8, 4) is 16.9 Å². The van der Waals surface area contributed by atoms with Gasteiger partial charge in [0.2, 0.25) is 0 Å². The van der Waals surface area contributed by atoms with E-state index >= 15 is 0 Å². The van der Waals surface area contributed by atoms with E-state index in [-0.39, 0.29) is 11.9 Å². The van der Waals surface area contributed by atoms with Crippen molar-refractivity contribution in [2.75, 3.05) is 7.11 Å². The zero-order valence-corrected chi connectivity index (χ0v) is 21.3. The molecule has 0 bridgehead atoms. The Morgan fingerprint density at radius 2 is 1.11 bits per heavy atom. The van der Waals surface area contributed by atoms with Gasteiger partial charge < -0.3 is 9.47 Å². The van der Waals surface area contributed by atoms with Crippen molar-refractivity contribution in [1.29, 1.82) is 0 Å². The summed E-state index contributed by atoms with van der Waals surface area (Å²) in [5, 5.41) is 0. The molecule has 0 aliphatic carbocycles. The number of methoxy groups -OCH3 is 1. The number of esters is 2. The number of benzene rings is 4. The second-order valence-corrected chi connectivity index (χ2v) is 9.13. The molecule has 0 saturated heterocycles. The van der Waals surface area contributed by atoms with Gasteiger partial charge in [-0.2, -0.15) is 0 Å². The molecule has 0 heterocycles. The van der Waals surface area contributed by atoms with Crippen molar-refractivity contribution in [2.24, 2.45) is 0 Å². The highest BCUT2D eigenvalue weighted by molar-refractivity contribution is 5.92. The van der Waals surface area contributed by atoms with Gasteiger partial charge in [-0.25, -0.2) is 9.59 Å². The molecule has 1 atom stereocenters. The molecule has 0 amide bonds. The molecule has 0 aromatic heterocycles. The van der Waals surface area contributed by atoms with E-state index < -0.39 is 5.97 Å². The number of hydrogen-bond donors (Lipinski definition) is 0. The van der Waals surface area contributed by atoms with E-state index in [1.165, 1.54) is 29.4 Å². The maximum absolute atomic E-state index is 12.8. The van der Waals surface area contributed by atoms with Gasteiger partial charge in [-0.3, -0.25) is 0 Å². The minimum absolute atomic E-state index is 0.238. The average molecular weight is 479 g/mol. The van der Waals surface area contributed by atoms with Gasteiger partial charge in [0.05, 0.1) is 18.2 Å². The molecule has 0 aliphatic rings. The lowest BCUT2D eigenvalue weighted by Gasteiger charge is -2.16. The molecule has 0 N–H and O–H groups in total. The Balaban J connectivity index is 1.45. The Kier molecular flexibility index (Phi) is 7.35. The van der Waals surface area contributed by atoms with Crippen LogP contribution in [-0.2, 0) is 4.74 Å². The lowest BCUT2D eigenvalue weighted by molar-refractivity contribution is 0.0600. The second kappa shape index (κ2) is 10.6. The molecule has 4 heteroatoms. The third-order valence-electron chi connectivity index (χ3n) is 6.69. The first-order chi connectivity index (χ1) is 17.3. The fraction of sp³-hybridized carbons (Fsp3) is 0.188. The van der Waals surface area contributed by atoms with Crippen molar-refractivity contribution in [3.63, 3.8) is 0 Å². The van der Waals surface area contributed by atoms with E-state index in [4.69, 9.17) is 9.47 Å². The van der Waals surface area contributed by atoms with Crippen LogP contribution in [0.25, 0.3) is 11.1 Å². The molecule has 0 radical (unpaired) electrons. The largest absolute Gasteiger partial charge is 0.465 e. The Morgan fingerprint density at radius 1 is 0.611 bits per heavy atom. The van der Waals surface area contributed by atoms with E-state index in [0.29, 0.717) is 16.9 Å². The van der Waals surface area contributed by atoms with Crippen LogP contribution in [0.15, 0.2) is 84.9 Å². The summed E-state index contributed by atoms with van der Waals surface area (Å²) in [4.78, 5) is 24.4. The molecule has 0 fully saturated rings. The standard InChI is InChI=1S/C32H30O4/c1-20-6-7-28(18-21(20)2)23(4)29-16-17-30(22(3)19-29)36-32(34)27-14-10-25(11-15-27)24-8-12-26(13-9-24)31(33)35-5/h6-19,23H,1-5H3. The van der Waals surface area contributed by atoms with Crippen molar-refractivity contribution in [3.05, 3.63) is 124 Å². The Morgan fingerprint density at radius 3 is 1.61 bits per heavy atom. The van der Waals surface area contributed by atoms with Crippen molar-refractivity contribution in [1.82, 2.24) is 0 Å². The number of carbonyl (C=O) groups excluding carboxylic acids is 2. The molecule has 4 rings (SSSR count). The molecule has 4 nitrogen and oxygen atoms in total. The van der Waals surface area contributed by atoms with E-state index in [0.717, 1.165) is 16.7 Å². The maximum Gasteiger partial charge on any atom is 0.343 e. The van der Waals surface area contributed by atoms with Crippen LogP contribution in [0, 0.1) is 20.8 Å². The molecule has 0 saturated carbocycles. The van der Waals surface area contributed by atoms with Crippen molar-refractivity contribution < 1.29 is 19.1 Å². The highest BCUT2D eigenvalue weighted by Gasteiger charge is 2.14. The first-order valence-electron chi connectivity index (χ1n) is 12.0. The van der Waals surface area contributed by atoms with E-state index in [9.17, 15) is 9.59 Å². The summed E-state index contributed by atoms with van der Waals surface area (Å²) in [6.07, 6.45) is 0. The number of ether oxygens (including phenoxy) is 2. The van der Waals surface area contributed by atoms with Gasteiger partial charge in [-0.05, 0) is 90.0 Å². The van der Waals surface area contributed by atoms with Crippen LogP contribution >= 0.6 is 0 Å². The van der Waals surface area contributed by atoms with Gasteiger partial charge in [0, 0.05) is 5.92 Å². The average Bonchev–Trinajstić information content (AvgIpc) is 2.90. The SMILES string of the molecule is COC(=O)c1ccc(-c2ccc(C(=O)Oc3ccc(C(C)c4ccc(C)c(C)c4)cc3C)cc2)cc1. The molecular formula is C32H30O4. The highest BCUT2D eigenvalue weighted by Crippen LogP contribution is 2.30. The van der Waals surface area contributed by atoms with Gasteiger partial charge in [0.15, 0.2) is 0 Å². The minimum atomic E-state index is -0.402. The van der Waals surface area contributed by atoms with Crippen LogP contribution in [0.4, 0.5) is 0 Å². The Labute approximate surface area is 212 Å². The van der Waals surface area contributed by atoms with Crippen LogP contribution in [0.2, 0.25) is 0 Å². The summed E-state index contributed by atoms with van der Waals surface area (Å²) >= 11 is 0. The van der Waals surface area contributed by atoms with E-state index in [1.54, 1.807) is 24.3 Å². The third kappa shape index (κ3) is 5.38. The second-order valence-electron chi connectivity index (χ2n) is 9.13. The number of aryl methyl sites for hydroxylation is 3. The summed E-state index contributed by atoms with van der Waals surface area (Å²) in [5.41, 5.74) is 8.76. The third-order valence-corrected chi connectivity index (χ3v) is 6.69. The monoisotopic (exact) mass is 478 g/mol. The summed E-state index contributed by atoms with van der Waals surface area (Å²) in [6, 6.07) is 26.9. The first-order valence-corrected chi connectivity index (χ1v) is 12.0. The van der Waals surface area contributed by atoms with Crippen LogP contribution in [-0.4, -0.2) is 19.0 Å². The quantitative estimate of drug-likeness (QED) is 0.213. The highest BCUT2D eigenvalue weighted by atomic mass is 16.5. The maximum atomic E-state index is 12.8. The summed E-state index contributed by atoms with van der Waals surface area (Å²) < 4.78 is 10.5. The number of rotatable bonds is 6. The molecule has 36 heavy (non-hydrogen) atoms. The van der Waals surface area contributed by atoms with Crippen LogP contribution in [0.3, 0.4) is 0 Å². The molecule has 4 aromatic rings. The van der Waals surface area contributed by atoms with Crippen LogP contribution < -0.4 is 4.74 Å². The van der Waals surface area contributed by atoms with Gasteiger partial charge in [0.1, 0.15) is 5.75 Å². The molecule has 0 aliphatic heterocycles. The zero-order chi connectivity index (χ0) is 25.8. The summed E-state index contributed by atoms with van der Waals surface area (Å²) in [6.45, 7) is 8.40.